The normalized spacial score (nSPS) is 9.00. The number of rotatable bonds is 2. The van der Waals surface area contributed by atoms with Crippen molar-refractivity contribution in [2.75, 3.05) is 0 Å². The third-order valence-corrected chi connectivity index (χ3v) is 1.47. The van der Waals surface area contributed by atoms with Crippen molar-refractivity contribution < 1.29 is 9.59 Å². The Balaban J connectivity index is 0.000000500. The van der Waals surface area contributed by atoms with Crippen molar-refractivity contribution in [3.05, 3.63) is 35.7 Å². The summed E-state index contributed by atoms with van der Waals surface area (Å²) < 4.78 is 0. The first-order valence-electron chi connectivity index (χ1n) is 4.33. The molecule has 0 saturated carbocycles. The maximum atomic E-state index is 8.12. The predicted octanol–water partition coefficient (Wildman–Crippen LogP) is 2.23. The molecule has 0 amide bonds. The number of nitrogens with zero attached hydrogens (tertiary/aromatic N) is 1. The highest BCUT2D eigenvalue weighted by Crippen LogP contribution is 2.03. The number of allylic oxidation sites excluding steroid dienone is 1. The molecule has 74 valence electrons. The van der Waals surface area contributed by atoms with E-state index in [0.717, 1.165) is 12.1 Å². The second kappa shape index (κ2) is 7.90. The smallest absolute Gasteiger partial charge is 0.262 e. The van der Waals surface area contributed by atoms with Crippen LogP contribution in [0.2, 0.25) is 0 Å². The Hall–Kier alpha value is -1.73. The van der Waals surface area contributed by atoms with Gasteiger partial charge < -0.3 is 0 Å². The summed E-state index contributed by atoms with van der Waals surface area (Å²) in [7, 11) is 0. The van der Waals surface area contributed by atoms with Crippen LogP contribution < -0.4 is 0 Å². The summed E-state index contributed by atoms with van der Waals surface area (Å²) in [5.74, 6) is 0. The molecule has 0 N–H and O–H groups in total. The zero-order chi connectivity index (χ0) is 10.8. The number of hydrogen-bond donors (Lipinski definition) is 0. The van der Waals surface area contributed by atoms with Crippen LogP contribution >= 0.6 is 0 Å². The number of carbonyl (C=O) groups excluding carboxylic acids is 2. The zero-order valence-corrected chi connectivity index (χ0v) is 8.36. The molecular weight excluding hydrogens is 178 g/mol. The highest BCUT2D eigenvalue weighted by atomic mass is 16.2. The third kappa shape index (κ3) is 5.86. The molecule has 1 heterocycles. The number of aryl methyl sites for hydroxylation is 1. The van der Waals surface area contributed by atoms with E-state index in [1.165, 1.54) is 5.56 Å². The lowest BCUT2D eigenvalue weighted by Gasteiger charge is -1.93. The van der Waals surface area contributed by atoms with E-state index in [2.05, 4.69) is 30.1 Å². The Kier molecular flexibility index (Phi) is 6.92. The molecule has 0 radical (unpaired) electrons. The van der Waals surface area contributed by atoms with Crippen molar-refractivity contribution in [1.29, 1.82) is 0 Å². The average Bonchev–Trinajstić information content (AvgIpc) is 2.16. The molecule has 0 fully saturated rings. The van der Waals surface area contributed by atoms with Crippen LogP contribution in [0.3, 0.4) is 0 Å². The molecule has 1 rings (SSSR count). The van der Waals surface area contributed by atoms with Crippen LogP contribution in [0.25, 0.3) is 6.08 Å². The minimum Gasteiger partial charge on any atom is -0.262 e. The van der Waals surface area contributed by atoms with E-state index >= 15 is 0 Å². The second-order valence-electron chi connectivity index (χ2n) is 2.62. The number of aromatic nitrogens is 1. The minimum absolute atomic E-state index is 0.250. The lowest BCUT2D eigenvalue weighted by molar-refractivity contribution is -0.191. The van der Waals surface area contributed by atoms with E-state index in [0.29, 0.717) is 0 Å². The fourth-order valence-electron chi connectivity index (χ4n) is 0.925. The molecule has 14 heavy (non-hydrogen) atoms. The summed E-state index contributed by atoms with van der Waals surface area (Å²) in [6.45, 7) is 4.13. The fourth-order valence-corrected chi connectivity index (χ4v) is 0.925. The Morgan fingerprint density at radius 3 is 2.64 bits per heavy atom. The topological polar surface area (TPSA) is 47.0 Å². The van der Waals surface area contributed by atoms with Crippen molar-refractivity contribution in [2.24, 2.45) is 0 Å². The van der Waals surface area contributed by atoms with Gasteiger partial charge in [-0.25, -0.2) is 0 Å². The summed E-state index contributed by atoms with van der Waals surface area (Å²) in [6.07, 6.45) is 7.44. The first-order valence-corrected chi connectivity index (χ1v) is 4.33. The lowest BCUT2D eigenvalue weighted by Crippen LogP contribution is -1.79. The molecule has 0 atom stereocenters. The van der Waals surface area contributed by atoms with E-state index in [9.17, 15) is 0 Å². The van der Waals surface area contributed by atoms with Gasteiger partial charge in [-0.05, 0) is 31.0 Å². The third-order valence-electron chi connectivity index (χ3n) is 1.47. The van der Waals surface area contributed by atoms with Gasteiger partial charge in [0.1, 0.15) is 0 Å². The number of hydrogen-bond acceptors (Lipinski definition) is 3. The fraction of sp³-hybridized carbons (Fsp3) is 0.273. The summed E-state index contributed by atoms with van der Waals surface area (Å²) in [5, 5.41) is 0. The van der Waals surface area contributed by atoms with E-state index in [-0.39, 0.29) is 6.15 Å². The van der Waals surface area contributed by atoms with Crippen LogP contribution in [-0.4, -0.2) is 11.1 Å². The van der Waals surface area contributed by atoms with E-state index in [1.54, 1.807) is 0 Å². The van der Waals surface area contributed by atoms with Crippen molar-refractivity contribution in [3.8, 4) is 0 Å². The van der Waals surface area contributed by atoms with Gasteiger partial charge in [-0.15, -0.1) is 0 Å². The van der Waals surface area contributed by atoms with Crippen molar-refractivity contribution >= 4 is 12.2 Å². The molecule has 0 saturated heterocycles. The molecule has 3 nitrogen and oxygen atoms in total. The van der Waals surface area contributed by atoms with Gasteiger partial charge in [-0.1, -0.05) is 19.1 Å². The van der Waals surface area contributed by atoms with Gasteiger partial charge in [-0.3, -0.25) is 4.98 Å². The molecule has 0 aliphatic heterocycles. The summed E-state index contributed by atoms with van der Waals surface area (Å²) in [4.78, 5) is 20.4. The highest BCUT2D eigenvalue weighted by molar-refractivity contribution is 5.48. The second-order valence-corrected chi connectivity index (χ2v) is 2.62. The first-order chi connectivity index (χ1) is 6.74. The van der Waals surface area contributed by atoms with Gasteiger partial charge >= 0.3 is 6.15 Å². The van der Waals surface area contributed by atoms with Crippen LogP contribution in [0.4, 0.5) is 0 Å². The SMILES string of the molecule is CC/C=C\c1ccnc(C)c1.O=C=O. The summed E-state index contributed by atoms with van der Waals surface area (Å²) in [6, 6.07) is 4.09. The van der Waals surface area contributed by atoms with Crippen LogP contribution in [0.1, 0.15) is 24.6 Å². The highest BCUT2D eigenvalue weighted by Gasteiger charge is 1.86. The minimum atomic E-state index is 0.250. The molecule has 0 unspecified atom stereocenters. The number of pyridine rings is 1. The summed E-state index contributed by atoms with van der Waals surface area (Å²) in [5.41, 5.74) is 2.31. The molecule has 0 aliphatic carbocycles. The van der Waals surface area contributed by atoms with Gasteiger partial charge in [0.15, 0.2) is 0 Å². The Morgan fingerprint density at radius 1 is 1.50 bits per heavy atom. The maximum absolute atomic E-state index is 8.12. The van der Waals surface area contributed by atoms with E-state index in [1.807, 2.05) is 19.2 Å². The molecule has 3 heteroatoms. The zero-order valence-electron chi connectivity index (χ0n) is 8.36. The molecule has 0 spiro atoms. The van der Waals surface area contributed by atoms with Crippen LogP contribution in [0.5, 0.6) is 0 Å². The van der Waals surface area contributed by atoms with Crippen LogP contribution in [-0.2, 0) is 9.59 Å². The Morgan fingerprint density at radius 2 is 2.14 bits per heavy atom. The van der Waals surface area contributed by atoms with Crippen LogP contribution in [0.15, 0.2) is 24.4 Å². The van der Waals surface area contributed by atoms with Crippen molar-refractivity contribution in [3.63, 3.8) is 0 Å². The quantitative estimate of drug-likeness (QED) is 0.720. The molecule has 0 bridgehead atoms. The van der Waals surface area contributed by atoms with Gasteiger partial charge in [0.2, 0.25) is 0 Å². The van der Waals surface area contributed by atoms with Crippen molar-refractivity contribution in [2.45, 2.75) is 20.3 Å². The molecule has 0 aliphatic rings. The van der Waals surface area contributed by atoms with Gasteiger partial charge in [0.05, 0.1) is 0 Å². The largest absolute Gasteiger partial charge is 0.373 e. The molecule has 1 aromatic rings. The monoisotopic (exact) mass is 191 g/mol. The molecule has 1 aromatic heterocycles. The van der Waals surface area contributed by atoms with E-state index < -0.39 is 0 Å². The van der Waals surface area contributed by atoms with E-state index in [4.69, 9.17) is 9.59 Å². The summed E-state index contributed by atoms with van der Waals surface area (Å²) >= 11 is 0. The molecular formula is C11H13NO2. The lowest BCUT2D eigenvalue weighted by atomic mass is 10.2. The Bertz CT molecular complexity index is 326. The predicted molar refractivity (Wildman–Crippen MR) is 53.3 cm³/mol. The van der Waals surface area contributed by atoms with Gasteiger partial charge in [0.25, 0.3) is 0 Å². The Labute approximate surface area is 83.5 Å². The standard InChI is InChI=1S/C10H13N.CO2/c1-3-4-5-10-6-7-11-9(2)8-10;2-1-3/h4-8H,3H2,1-2H3;/b5-4-;. The molecule has 0 aromatic carbocycles. The maximum Gasteiger partial charge on any atom is 0.373 e. The van der Waals surface area contributed by atoms with Crippen molar-refractivity contribution in [1.82, 2.24) is 4.98 Å². The first kappa shape index (κ1) is 12.3. The van der Waals surface area contributed by atoms with Gasteiger partial charge in [0, 0.05) is 11.9 Å². The van der Waals surface area contributed by atoms with Crippen LogP contribution in [0, 0.1) is 6.92 Å². The average molecular weight is 191 g/mol. The van der Waals surface area contributed by atoms with Gasteiger partial charge in [-0.2, -0.15) is 9.59 Å².